The van der Waals surface area contributed by atoms with Crippen molar-refractivity contribution in [1.29, 1.82) is 0 Å². The lowest BCUT2D eigenvalue weighted by Crippen LogP contribution is -2.23. The molecule has 3 heteroatoms. The van der Waals surface area contributed by atoms with E-state index < -0.39 is 6.10 Å². The van der Waals surface area contributed by atoms with Gasteiger partial charge in [-0.1, -0.05) is 22.0 Å². The van der Waals surface area contributed by atoms with Gasteiger partial charge in [-0.2, -0.15) is 0 Å². The topological polar surface area (TPSA) is 40.5 Å². The molecule has 14 heavy (non-hydrogen) atoms. The van der Waals surface area contributed by atoms with Gasteiger partial charge in [-0.15, -0.1) is 0 Å². The molecule has 2 unspecified atom stereocenters. The maximum Gasteiger partial charge on any atom is 0.0843 e. The molecule has 0 spiro atoms. The number of hydrogen-bond donors (Lipinski definition) is 2. The molecule has 0 radical (unpaired) electrons. The van der Waals surface area contributed by atoms with Gasteiger partial charge in [0.2, 0.25) is 0 Å². The van der Waals surface area contributed by atoms with Crippen LogP contribution in [0.1, 0.15) is 23.7 Å². The van der Waals surface area contributed by atoms with E-state index >= 15 is 0 Å². The highest BCUT2D eigenvalue weighted by Gasteiger charge is 2.27. The third-order valence-electron chi connectivity index (χ3n) is 2.89. The predicted molar refractivity (Wildman–Crippen MR) is 58.0 cm³/mol. The fraction of sp³-hybridized carbons (Fsp3) is 0.455. The summed E-state index contributed by atoms with van der Waals surface area (Å²) >= 11 is 3.39. The summed E-state index contributed by atoms with van der Waals surface area (Å²) in [5.74, 6) is -0.00296. The summed E-state index contributed by atoms with van der Waals surface area (Å²) in [5.41, 5.74) is 2.16. The first kappa shape index (κ1) is 10.1. The molecule has 0 aromatic heterocycles. The van der Waals surface area contributed by atoms with E-state index in [9.17, 15) is 5.11 Å². The molecule has 2 atom stereocenters. The van der Waals surface area contributed by atoms with Gasteiger partial charge in [0.1, 0.15) is 0 Å². The average molecular weight is 257 g/mol. The number of aliphatic hydroxyl groups excluding tert-OH is 2. The maximum absolute atomic E-state index is 9.96. The summed E-state index contributed by atoms with van der Waals surface area (Å²) in [6, 6.07) is 5.98. The van der Waals surface area contributed by atoms with E-state index in [4.69, 9.17) is 5.11 Å². The normalized spacial score (nSPS) is 25.9. The van der Waals surface area contributed by atoms with Crippen molar-refractivity contribution in [1.82, 2.24) is 0 Å². The second-order valence-electron chi connectivity index (χ2n) is 3.77. The SMILES string of the molecule is OCC1CCc2ccc(Br)cc2C1O. The fourth-order valence-corrected chi connectivity index (χ4v) is 2.39. The molecular weight excluding hydrogens is 244 g/mol. The Morgan fingerprint density at radius 1 is 1.43 bits per heavy atom. The van der Waals surface area contributed by atoms with Crippen molar-refractivity contribution < 1.29 is 10.2 Å². The van der Waals surface area contributed by atoms with Crippen LogP contribution >= 0.6 is 15.9 Å². The number of benzene rings is 1. The number of fused-ring (bicyclic) bond motifs is 1. The Balaban J connectivity index is 2.38. The van der Waals surface area contributed by atoms with Crippen LogP contribution in [0.15, 0.2) is 22.7 Å². The smallest absolute Gasteiger partial charge is 0.0843 e. The molecule has 1 aliphatic rings. The first-order chi connectivity index (χ1) is 6.72. The standard InChI is InChI=1S/C11H13BrO2/c12-9-4-3-7-1-2-8(6-13)11(14)10(7)5-9/h3-5,8,11,13-14H,1-2,6H2. The highest BCUT2D eigenvalue weighted by molar-refractivity contribution is 9.10. The van der Waals surface area contributed by atoms with Gasteiger partial charge < -0.3 is 10.2 Å². The summed E-state index contributed by atoms with van der Waals surface area (Å²) in [6.45, 7) is 0.0626. The van der Waals surface area contributed by atoms with Crippen molar-refractivity contribution in [2.75, 3.05) is 6.61 Å². The second kappa shape index (κ2) is 4.01. The lowest BCUT2D eigenvalue weighted by Gasteiger charge is -2.28. The molecule has 0 aliphatic heterocycles. The molecule has 0 bridgehead atoms. The zero-order valence-electron chi connectivity index (χ0n) is 7.78. The van der Waals surface area contributed by atoms with Crippen molar-refractivity contribution in [3.63, 3.8) is 0 Å². The molecule has 1 aliphatic carbocycles. The van der Waals surface area contributed by atoms with Crippen LogP contribution in [0.2, 0.25) is 0 Å². The van der Waals surface area contributed by atoms with Crippen molar-refractivity contribution in [2.24, 2.45) is 5.92 Å². The van der Waals surface area contributed by atoms with Gasteiger partial charge in [0.05, 0.1) is 6.10 Å². The van der Waals surface area contributed by atoms with Crippen LogP contribution in [-0.2, 0) is 6.42 Å². The minimum Gasteiger partial charge on any atom is -0.396 e. The monoisotopic (exact) mass is 256 g/mol. The first-order valence-electron chi connectivity index (χ1n) is 4.79. The van der Waals surface area contributed by atoms with E-state index in [2.05, 4.69) is 15.9 Å². The summed E-state index contributed by atoms with van der Waals surface area (Å²) in [4.78, 5) is 0. The third-order valence-corrected chi connectivity index (χ3v) is 3.39. The van der Waals surface area contributed by atoms with Crippen molar-refractivity contribution in [3.8, 4) is 0 Å². The molecule has 76 valence electrons. The van der Waals surface area contributed by atoms with Crippen LogP contribution in [0, 0.1) is 5.92 Å². The molecule has 0 saturated heterocycles. The summed E-state index contributed by atoms with van der Waals surface area (Å²) in [7, 11) is 0. The van der Waals surface area contributed by atoms with Gasteiger partial charge in [0.15, 0.2) is 0 Å². The number of aryl methyl sites for hydroxylation is 1. The van der Waals surface area contributed by atoms with E-state index in [1.54, 1.807) is 0 Å². The zero-order chi connectivity index (χ0) is 10.1. The Hall–Kier alpha value is -0.380. The first-order valence-corrected chi connectivity index (χ1v) is 5.59. The molecule has 0 fully saturated rings. The molecule has 1 aromatic rings. The number of halogens is 1. The summed E-state index contributed by atoms with van der Waals surface area (Å²) in [5, 5.41) is 19.0. The quantitative estimate of drug-likeness (QED) is 0.808. The van der Waals surface area contributed by atoms with Crippen LogP contribution in [0.5, 0.6) is 0 Å². The fourth-order valence-electron chi connectivity index (χ4n) is 2.01. The summed E-state index contributed by atoms with van der Waals surface area (Å²) < 4.78 is 0.980. The van der Waals surface area contributed by atoms with Crippen molar-refractivity contribution in [2.45, 2.75) is 18.9 Å². The van der Waals surface area contributed by atoms with Gasteiger partial charge in [0, 0.05) is 17.0 Å². The van der Waals surface area contributed by atoms with E-state index in [1.807, 2.05) is 18.2 Å². The highest BCUT2D eigenvalue weighted by Crippen LogP contribution is 2.35. The van der Waals surface area contributed by atoms with Crippen LogP contribution < -0.4 is 0 Å². The number of rotatable bonds is 1. The van der Waals surface area contributed by atoms with E-state index in [0.29, 0.717) is 0 Å². The third kappa shape index (κ3) is 1.72. The van der Waals surface area contributed by atoms with E-state index in [0.717, 1.165) is 22.9 Å². The maximum atomic E-state index is 9.96. The molecule has 0 amide bonds. The Kier molecular flexibility index (Phi) is 2.91. The molecule has 0 saturated carbocycles. The van der Waals surface area contributed by atoms with E-state index in [1.165, 1.54) is 5.56 Å². The van der Waals surface area contributed by atoms with Gasteiger partial charge >= 0.3 is 0 Å². The molecule has 2 rings (SSSR count). The number of aliphatic hydroxyl groups is 2. The van der Waals surface area contributed by atoms with Crippen molar-refractivity contribution >= 4 is 15.9 Å². The van der Waals surface area contributed by atoms with Gasteiger partial charge in [-0.3, -0.25) is 0 Å². The molecule has 1 aromatic carbocycles. The zero-order valence-corrected chi connectivity index (χ0v) is 9.37. The van der Waals surface area contributed by atoms with Gasteiger partial charge in [0.25, 0.3) is 0 Å². The average Bonchev–Trinajstić information content (AvgIpc) is 2.20. The van der Waals surface area contributed by atoms with Crippen LogP contribution in [0.3, 0.4) is 0 Å². The van der Waals surface area contributed by atoms with Crippen LogP contribution in [0.4, 0.5) is 0 Å². The Labute approximate surface area is 91.7 Å². The Morgan fingerprint density at radius 2 is 2.21 bits per heavy atom. The second-order valence-corrected chi connectivity index (χ2v) is 4.68. The minimum absolute atomic E-state index is 0.00296. The molecule has 2 N–H and O–H groups in total. The highest BCUT2D eigenvalue weighted by atomic mass is 79.9. The largest absolute Gasteiger partial charge is 0.396 e. The molecule has 0 heterocycles. The predicted octanol–water partition coefficient (Wildman–Crippen LogP) is 2.04. The minimum atomic E-state index is -0.513. The van der Waals surface area contributed by atoms with Crippen LogP contribution in [0.25, 0.3) is 0 Å². The van der Waals surface area contributed by atoms with Gasteiger partial charge in [-0.05, 0) is 36.1 Å². The number of hydrogen-bond acceptors (Lipinski definition) is 2. The van der Waals surface area contributed by atoms with Crippen LogP contribution in [-0.4, -0.2) is 16.8 Å². The van der Waals surface area contributed by atoms with Crippen molar-refractivity contribution in [3.05, 3.63) is 33.8 Å². The van der Waals surface area contributed by atoms with E-state index in [-0.39, 0.29) is 12.5 Å². The lowest BCUT2D eigenvalue weighted by molar-refractivity contribution is 0.0543. The Bertz CT molecular complexity index is 338. The lowest BCUT2D eigenvalue weighted by atomic mass is 9.82. The Morgan fingerprint density at radius 3 is 2.93 bits per heavy atom. The summed E-state index contributed by atoms with van der Waals surface area (Å²) in [6.07, 6.45) is 1.30. The molecular formula is C11H13BrO2. The van der Waals surface area contributed by atoms with Gasteiger partial charge in [-0.25, -0.2) is 0 Å². The molecule has 2 nitrogen and oxygen atoms in total.